The first kappa shape index (κ1) is 14.5. The first-order valence-corrected chi connectivity index (χ1v) is 7.00. The summed E-state index contributed by atoms with van der Waals surface area (Å²) in [6.45, 7) is 1.92. The van der Waals surface area contributed by atoms with Gasteiger partial charge in [-0.15, -0.1) is 0 Å². The fourth-order valence-electron chi connectivity index (χ4n) is 2.14. The lowest BCUT2D eigenvalue weighted by Gasteiger charge is -2.28. The molecule has 0 aliphatic heterocycles. The second kappa shape index (κ2) is 6.06. The standard InChI is InChI=1S/C16H14BrFN2/c1-11(14-5-3-4-6-15(14)18)20(2)16-8-7-13(17)9-12(16)10-19/h3-9,11H,1-2H3. The van der Waals surface area contributed by atoms with Crippen LogP contribution in [0.15, 0.2) is 46.9 Å². The van der Waals surface area contributed by atoms with Gasteiger partial charge in [-0.25, -0.2) is 4.39 Å². The summed E-state index contributed by atoms with van der Waals surface area (Å²) in [5.41, 5.74) is 1.96. The van der Waals surface area contributed by atoms with Crippen molar-refractivity contribution in [2.75, 3.05) is 11.9 Å². The van der Waals surface area contributed by atoms with Crippen molar-refractivity contribution in [2.45, 2.75) is 13.0 Å². The third-order valence-electron chi connectivity index (χ3n) is 3.40. The Morgan fingerprint density at radius 3 is 2.60 bits per heavy atom. The summed E-state index contributed by atoms with van der Waals surface area (Å²) in [6, 6.07) is 14.2. The summed E-state index contributed by atoms with van der Waals surface area (Å²) >= 11 is 3.35. The number of anilines is 1. The third kappa shape index (κ3) is 2.83. The Morgan fingerprint density at radius 1 is 1.25 bits per heavy atom. The van der Waals surface area contributed by atoms with E-state index in [9.17, 15) is 9.65 Å². The van der Waals surface area contributed by atoms with Gasteiger partial charge in [0.05, 0.1) is 17.3 Å². The van der Waals surface area contributed by atoms with Crippen molar-refractivity contribution in [3.63, 3.8) is 0 Å². The number of hydrogen-bond acceptors (Lipinski definition) is 2. The molecule has 0 bridgehead atoms. The molecule has 0 spiro atoms. The highest BCUT2D eigenvalue weighted by atomic mass is 79.9. The minimum Gasteiger partial charge on any atom is -0.367 e. The molecular formula is C16H14BrFN2. The molecule has 102 valence electrons. The molecule has 0 aromatic heterocycles. The maximum absolute atomic E-state index is 13.9. The van der Waals surface area contributed by atoms with Crippen LogP contribution in [0.3, 0.4) is 0 Å². The Balaban J connectivity index is 2.39. The molecule has 0 saturated carbocycles. The SMILES string of the molecule is CC(c1ccccc1F)N(C)c1ccc(Br)cc1C#N. The van der Waals surface area contributed by atoms with Crippen molar-refractivity contribution in [3.8, 4) is 6.07 Å². The minimum absolute atomic E-state index is 0.163. The summed E-state index contributed by atoms with van der Waals surface area (Å²) in [5.74, 6) is -0.234. The molecule has 0 heterocycles. The Kier molecular flexibility index (Phi) is 4.41. The van der Waals surface area contributed by atoms with Gasteiger partial charge < -0.3 is 4.90 Å². The molecule has 0 fully saturated rings. The lowest BCUT2D eigenvalue weighted by molar-refractivity contribution is 0.585. The average Bonchev–Trinajstić information content (AvgIpc) is 2.46. The van der Waals surface area contributed by atoms with Crippen LogP contribution in [0, 0.1) is 17.1 Å². The van der Waals surface area contributed by atoms with Crippen molar-refractivity contribution in [1.29, 1.82) is 5.26 Å². The molecule has 0 amide bonds. The van der Waals surface area contributed by atoms with Gasteiger partial charge in [0.15, 0.2) is 0 Å². The van der Waals surface area contributed by atoms with Crippen LogP contribution in [0.2, 0.25) is 0 Å². The number of hydrogen-bond donors (Lipinski definition) is 0. The normalized spacial score (nSPS) is 11.8. The lowest BCUT2D eigenvalue weighted by Crippen LogP contribution is -2.23. The second-order valence-electron chi connectivity index (χ2n) is 4.58. The number of halogens is 2. The quantitative estimate of drug-likeness (QED) is 0.817. The van der Waals surface area contributed by atoms with Gasteiger partial charge in [-0.1, -0.05) is 34.1 Å². The Labute approximate surface area is 126 Å². The van der Waals surface area contributed by atoms with E-state index in [1.807, 2.05) is 37.1 Å². The zero-order chi connectivity index (χ0) is 14.7. The Hall–Kier alpha value is -1.86. The number of nitrogens with zero attached hydrogens (tertiary/aromatic N) is 2. The van der Waals surface area contributed by atoms with Crippen LogP contribution in [0.5, 0.6) is 0 Å². The van der Waals surface area contributed by atoms with Gasteiger partial charge in [0.1, 0.15) is 11.9 Å². The van der Waals surface area contributed by atoms with Gasteiger partial charge in [-0.3, -0.25) is 0 Å². The maximum Gasteiger partial charge on any atom is 0.128 e. The van der Waals surface area contributed by atoms with Gasteiger partial charge in [-0.05, 0) is 31.2 Å². The summed E-state index contributed by atoms with van der Waals surface area (Å²) in [5, 5.41) is 9.23. The van der Waals surface area contributed by atoms with E-state index in [0.29, 0.717) is 11.1 Å². The average molecular weight is 333 g/mol. The predicted octanol–water partition coefficient (Wildman–Crippen LogP) is 4.66. The molecule has 0 radical (unpaired) electrons. The van der Waals surface area contributed by atoms with Gasteiger partial charge in [-0.2, -0.15) is 5.26 Å². The molecule has 4 heteroatoms. The minimum atomic E-state index is -0.234. The molecular weight excluding hydrogens is 319 g/mol. The first-order chi connectivity index (χ1) is 9.54. The molecule has 2 aromatic carbocycles. The topological polar surface area (TPSA) is 27.0 Å². The molecule has 1 unspecified atom stereocenters. The van der Waals surface area contributed by atoms with Gasteiger partial charge in [0.2, 0.25) is 0 Å². The first-order valence-electron chi connectivity index (χ1n) is 6.21. The van der Waals surface area contributed by atoms with E-state index in [-0.39, 0.29) is 11.9 Å². The molecule has 2 rings (SSSR count). The zero-order valence-corrected chi connectivity index (χ0v) is 12.9. The Bertz CT molecular complexity index is 664. The van der Waals surface area contributed by atoms with Crippen LogP contribution in [-0.4, -0.2) is 7.05 Å². The highest BCUT2D eigenvalue weighted by Gasteiger charge is 2.18. The van der Waals surface area contributed by atoms with Gasteiger partial charge in [0.25, 0.3) is 0 Å². The zero-order valence-electron chi connectivity index (χ0n) is 11.3. The van der Waals surface area contributed by atoms with Crippen molar-refractivity contribution in [3.05, 3.63) is 63.9 Å². The van der Waals surface area contributed by atoms with Crippen LogP contribution in [0.25, 0.3) is 0 Å². The summed E-state index contributed by atoms with van der Waals surface area (Å²) in [4.78, 5) is 1.91. The molecule has 20 heavy (non-hydrogen) atoms. The lowest BCUT2D eigenvalue weighted by atomic mass is 10.0. The number of nitriles is 1. The van der Waals surface area contributed by atoms with Crippen LogP contribution >= 0.6 is 15.9 Å². The molecule has 2 aromatic rings. The van der Waals surface area contributed by atoms with E-state index in [4.69, 9.17) is 0 Å². The van der Waals surface area contributed by atoms with E-state index in [2.05, 4.69) is 22.0 Å². The van der Waals surface area contributed by atoms with Gasteiger partial charge >= 0.3 is 0 Å². The van der Waals surface area contributed by atoms with E-state index < -0.39 is 0 Å². The number of rotatable bonds is 3. The van der Waals surface area contributed by atoms with Crippen LogP contribution in [-0.2, 0) is 0 Å². The van der Waals surface area contributed by atoms with Crippen molar-refractivity contribution >= 4 is 21.6 Å². The summed E-state index contributed by atoms with van der Waals surface area (Å²) in [7, 11) is 1.86. The van der Waals surface area contributed by atoms with E-state index in [1.165, 1.54) is 6.07 Å². The molecule has 0 aliphatic rings. The van der Waals surface area contributed by atoms with Crippen LogP contribution < -0.4 is 4.90 Å². The third-order valence-corrected chi connectivity index (χ3v) is 3.89. The molecule has 0 N–H and O–H groups in total. The van der Waals surface area contributed by atoms with E-state index in [1.54, 1.807) is 18.2 Å². The molecule has 2 nitrogen and oxygen atoms in total. The van der Waals surface area contributed by atoms with E-state index in [0.717, 1.165) is 10.2 Å². The largest absolute Gasteiger partial charge is 0.367 e. The highest BCUT2D eigenvalue weighted by Crippen LogP contribution is 2.30. The molecule has 1 atom stereocenters. The monoisotopic (exact) mass is 332 g/mol. The molecule has 0 aliphatic carbocycles. The smallest absolute Gasteiger partial charge is 0.128 e. The van der Waals surface area contributed by atoms with Crippen molar-refractivity contribution < 1.29 is 4.39 Å². The van der Waals surface area contributed by atoms with E-state index >= 15 is 0 Å². The number of benzene rings is 2. The molecule has 0 saturated heterocycles. The Morgan fingerprint density at radius 2 is 1.95 bits per heavy atom. The predicted molar refractivity (Wildman–Crippen MR) is 82.1 cm³/mol. The highest BCUT2D eigenvalue weighted by molar-refractivity contribution is 9.10. The second-order valence-corrected chi connectivity index (χ2v) is 5.50. The van der Waals surface area contributed by atoms with Crippen molar-refractivity contribution in [2.24, 2.45) is 0 Å². The van der Waals surface area contributed by atoms with Gasteiger partial charge in [0, 0.05) is 17.1 Å². The maximum atomic E-state index is 13.9. The van der Waals surface area contributed by atoms with Crippen LogP contribution in [0.4, 0.5) is 10.1 Å². The van der Waals surface area contributed by atoms with Crippen molar-refractivity contribution in [1.82, 2.24) is 0 Å². The fraction of sp³-hybridized carbons (Fsp3) is 0.188. The summed E-state index contributed by atoms with van der Waals surface area (Å²) < 4.78 is 14.7. The van der Waals surface area contributed by atoms with Crippen LogP contribution in [0.1, 0.15) is 24.1 Å². The fourth-order valence-corrected chi connectivity index (χ4v) is 2.50. The summed E-state index contributed by atoms with van der Waals surface area (Å²) in [6.07, 6.45) is 0.